The van der Waals surface area contributed by atoms with Gasteiger partial charge >= 0.3 is 0 Å². The van der Waals surface area contributed by atoms with Gasteiger partial charge in [-0.05, 0) is 24.1 Å². The van der Waals surface area contributed by atoms with Gasteiger partial charge in [0.05, 0.1) is 17.8 Å². The molecule has 0 saturated carbocycles. The minimum Gasteiger partial charge on any atom is -0.364 e. The number of aldehydes is 1. The Morgan fingerprint density at radius 3 is 2.75 bits per heavy atom. The lowest BCUT2D eigenvalue weighted by Gasteiger charge is -2.20. The molecule has 0 aliphatic rings. The van der Waals surface area contributed by atoms with Crippen molar-refractivity contribution >= 4 is 17.9 Å². The van der Waals surface area contributed by atoms with Gasteiger partial charge in [0.15, 0.2) is 0 Å². The number of carbonyl (C=O) groups is 2. The summed E-state index contributed by atoms with van der Waals surface area (Å²) in [7, 11) is 1.74. The van der Waals surface area contributed by atoms with Crippen LogP contribution in [0.4, 0.5) is 5.69 Å². The lowest BCUT2D eigenvalue weighted by Crippen LogP contribution is -2.37. The normalized spacial score (nSPS) is 9.95. The van der Waals surface area contributed by atoms with E-state index < -0.39 is 0 Å². The molecule has 0 saturated heterocycles. The highest BCUT2D eigenvalue weighted by Gasteiger charge is 2.12. The monoisotopic (exact) mass is 273 g/mol. The second kappa shape index (κ2) is 7.29. The summed E-state index contributed by atoms with van der Waals surface area (Å²) >= 11 is 0. The van der Waals surface area contributed by atoms with Crippen LogP contribution in [-0.2, 0) is 4.79 Å². The zero-order valence-corrected chi connectivity index (χ0v) is 12.0. The number of hydrogen-bond acceptors (Lipinski definition) is 4. The zero-order valence-electron chi connectivity index (χ0n) is 12.0. The first-order chi connectivity index (χ1) is 9.47. The van der Waals surface area contributed by atoms with Crippen molar-refractivity contribution in [3.05, 3.63) is 29.3 Å². The summed E-state index contributed by atoms with van der Waals surface area (Å²) in [5.41, 5.74) is 1.47. The molecule has 0 fully saturated rings. The SMILES string of the molecule is CC(C)CNC(=O)CN(C)c1ccc(C=O)cc1C#N. The van der Waals surface area contributed by atoms with Crippen LogP contribution in [0.3, 0.4) is 0 Å². The fourth-order valence-corrected chi connectivity index (χ4v) is 1.72. The number of nitrogens with zero attached hydrogens (tertiary/aromatic N) is 2. The minimum absolute atomic E-state index is 0.0930. The lowest BCUT2D eigenvalue weighted by atomic mass is 10.1. The van der Waals surface area contributed by atoms with Crippen molar-refractivity contribution in [2.75, 3.05) is 25.0 Å². The summed E-state index contributed by atoms with van der Waals surface area (Å²) in [6, 6.07) is 6.87. The number of anilines is 1. The third-order valence-corrected chi connectivity index (χ3v) is 2.78. The van der Waals surface area contributed by atoms with Crippen LogP contribution < -0.4 is 10.2 Å². The molecule has 1 aromatic rings. The highest BCUT2D eigenvalue weighted by Crippen LogP contribution is 2.19. The van der Waals surface area contributed by atoms with Gasteiger partial charge in [0.1, 0.15) is 12.4 Å². The second-order valence-corrected chi connectivity index (χ2v) is 5.06. The van der Waals surface area contributed by atoms with Gasteiger partial charge in [-0.3, -0.25) is 9.59 Å². The number of rotatable bonds is 6. The summed E-state index contributed by atoms with van der Waals surface area (Å²) in [6.45, 7) is 4.84. The van der Waals surface area contributed by atoms with Gasteiger partial charge in [-0.25, -0.2) is 0 Å². The topological polar surface area (TPSA) is 73.2 Å². The van der Waals surface area contributed by atoms with Gasteiger partial charge in [-0.15, -0.1) is 0 Å². The molecule has 0 radical (unpaired) electrons. The van der Waals surface area contributed by atoms with Gasteiger partial charge in [0.25, 0.3) is 0 Å². The Labute approximate surface area is 119 Å². The van der Waals surface area contributed by atoms with Gasteiger partial charge < -0.3 is 10.2 Å². The first-order valence-corrected chi connectivity index (χ1v) is 6.45. The largest absolute Gasteiger partial charge is 0.364 e. The molecule has 0 aliphatic heterocycles. The minimum atomic E-state index is -0.0930. The molecule has 1 amide bonds. The molecule has 0 aliphatic carbocycles. The van der Waals surface area contributed by atoms with Gasteiger partial charge in [-0.2, -0.15) is 5.26 Å². The number of carbonyl (C=O) groups excluding carboxylic acids is 2. The fourth-order valence-electron chi connectivity index (χ4n) is 1.72. The summed E-state index contributed by atoms with van der Waals surface area (Å²) in [4.78, 5) is 24.2. The average molecular weight is 273 g/mol. The van der Waals surface area contributed by atoms with Crippen molar-refractivity contribution in [3.8, 4) is 6.07 Å². The van der Waals surface area contributed by atoms with Crippen molar-refractivity contribution in [3.63, 3.8) is 0 Å². The van der Waals surface area contributed by atoms with Crippen molar-refractivity contribution in [1.29, 1.82) is 5.26 Å². The molecule has 0 atom stereocenters. The Balaban J connectivity index is 2.77. The van der Waals surface area contributed by atoms with E-state index in [1.165, 1.54) is 6.07 Å². The molecule has 0 spiro atoms. The first-order valence-electron chi connectivity index (χ1n) is 6.45. The van der Waals surface area contributed by atoms with Crippen LogP contribution in [0.5, 0.6) is 0 Å². The predicted molar refractivity (Wildman–Crippen MR) is 77.7 cm³/mol. The van der Waals surface area contributed by atoms with Crippen molar-refractivity contribution < 1.29 is 9.59 Å². The number of benzene rings is 1. The van der Waals surface area contributed by atoms with Crippen LogP contribution in [0, 0.1) is 17.2 Å². The molecule has 5 heteroatoms. The molecule has 20 heavy (non-hydrogen) atoms. The average Bonchev–Trinajstić information content (AvgIpc) is 2.44. The van der Waals surface area contributed by atoms with E-state index >= 15 is 0 Å². The summed E-state index contributed by atoms with van der Waals surface area (Å²) in [6.07, 6.45) is 0.694. The molecule has 106 valence electrons. The van der Waals surface area contributed by atoms with Crippen LogP contribution >= 0.6 is 0 Å². The van der Waals surface area contributed by atoms with E-state index in [9.17, 15) is 9.59 Å². The van der Waals surface area contributed by atoms with Gasteiger partial charge in [-0.1, -0.05) is 13.8 Å². The smallest absolute Gasteiger partial charge is 0.239 e. The number of nitrogens with one attached hydrogen (secondary N) is 1. The van der Waals surface area contributed by atoms with Gasteiger partial charge in [0, 0.05) is 19.2 Å². The fraction of sp³-hybridized carbons (Fsp3) is 0.400. The van der Waals surface area contributed by atoms with Crippen LogP contribution in [0.2, 0.25) is 0 Å². The van der Waals surface area contributed by atoms with E-state index in [2.05, 4.69) is 5.32 Å². The van der Waals surface area contributed by atoms with Crippen LogP contribution in [-0.4, -0.2) is 32.3 Å². The van der Waals surface area contributed by atoms with Crippen LogP contribution in [0.15, 0.2) is 18.2 Å². The number of hydrogen-bond donors (Lipinski definition) is 1. The molecular weight excluding hydrogens is 254 g/mol. The third kappa shape index (κ3) is 4.39. The van der Waals surface area contributed by atoms with Crippen molar-refractivity contribution in [1.82, 2.24) is 5.32 Å². The van der Waals surface area contributed by atoms with E-state index in [1.54, 1.807) is 24.1 Å². The predicted octanol–water partition coefficient (Wildman–Crippen LogP) is 1.58. The Kier molecular flexibility index (Phi) is 5.73. The highest BCUT2D eigenvalue weighted by atomic mass is 16.2. The molecular formula is C15H19N3O2. The molecule has 1 N–H and O–H groups in total. The molecule has 0 unspecified atom stereocenters. The maximum Gasteiger partial charge on any atom is 0.239 e. The van der Waals surface area contributed by atoms with E-state index in [1.807, 2.05) is 19.9 Å². The van der Waals surface area contributed by atoms with Gasteiger partial charge in [0.2, 0.25) is 5.91 Å². The standard InChI is InChI=1S/C15H19N3O2/c1-11(2)8-17-15(20)9-18(3)14-5-4-12(10-19)6-13(14)7-16/h4-6,10-11H,8-9H2,1-3H3,(H,17,20). The molecule has 5 nitrogen and oxygen atoms in total. The maximum absolute atomic E-state index is 11.8. The second-order valence-electron chi connectivity index (χ2n) is 5.06. The Morgan fingerprint density at radius 1 is 1.50 bits per heavy atom. The molecule has 0 bridgehead atoms. The molecule has 1 rings (SSSR count). The zero-order chi connectivity index (χ0) is 15.1. The van der Waals surface area contributed by atoms with Crippen molar-refractivity contribution in [2.45, 2.75) is 13.8 Å². The number of amides is 1. The van der Waals surface area contributed by atoms with E-state index in [4.69, 9.17) is 5.26 Å². The quantitative estimate of drug-likeness (QED) is 0.799. The first kappa shape index (κ1) is 15.7. The number of nitriles is 1. The maximum atomic E-state index is 11.8. The molecule has 1 aromatic carbocycles. The van der Waals surface area contributed by atoms with E-state index in [0.717, 1.165) is 0 Å². The highest BCUT2D eigenvalue weighted by molar-refractivity contribution is 5.83. The van der Waals surface area contributed by atoms with E-state index in [-0.39, 0.29) is 12.5 Å². The summed E-state index contributed by atoms with van der Waals surface area (Å²) < 4.78 is 0. The number of likely N-dealkylation sites (N-methyl/N-ethyl adjacent to an activating group) is 1. The molecule has 0 heterocycles. The Bertz CT molecular complexity index is 532. The Morgan fingerprint density at radius 2 is 2.20 bits per heavy atom. The van der Waals surface area contributed by atoms with Crippen LogP contribution in [0.25, 0.3) is 0 Å². The molecule has 0 aromatic heterocycles. The summed E-state index contributed by atoms with van der Waals surface area (Å²) in [5.74, 6) is 0.301. The lowest BCUT2D eigenvalue weighted by molar-refractivity contribution is -0.119. The van der Waals surface area contributed by atoms with Crippen LogP contribution in [0.1, 0.15) is 29.8 Å². The summed E-state index contributed by atoms with van der Waals surface area (Å²) in [5, 5.41) is 11.9. The third-order valence-electron chi connectivity index (χ3n) is 2.78. The Hall–Kier alpha value is -2.35. The van der Waals surface area contributed by atoms with Crippen molar-refractivity contribution in [2.24, 2.45) is 5.92 Å². The van der Waals surface area contributed by atoms with E-state index in [0.29, 0.717) is 35.6 Å².